The van der Waals surface area contributed by atoms with E-state index in [1.54, 1.807) is 0 Å². The summed E-state index contributed by atoms with van der Waals surface area (Å²) < 4.78 is 0. The smallest absolute Gasteiger partial charge is 0.224 e. The molecule has 0 atom stereocenters. The van der Waals surface area contributed by atoms with Gasteiger partial charge in [0.2, 0.25) is 5.91 Å². The van der Waals surface area contributed by atoms with E-state index in [2.05, 4.69) is 33.0 Å². The number of amides is 1. The summed E-state index contributed by atoms with van der Waals surface area (Å²) in [5.74, 6) is 0.866. The predicted octanol–water partition coefficient (Wildman–Crippen LogP) is 3.19. The minimum absolute atomic E-state index is 0.105. The maximum Gasteiger partial charge on any atom is 0.224 e. The van der Waals surface area contributed by atoms with E-state index in [9.17, 15) is 4.79 Å². The summed E-state index contributed by atoms with van der Waals surface area (Å²) in [7, 11) is 0. The van der Waals surface area contributed by atoms with Gasteiger partial charge in [0.1, 0.15) is 0 Å². The van der Waals surface area contributed by atoms with Gasteiger partial charge >= 0.3 is 0 Å². The van der Waals surface area contributed by atoms with Gasteiger partial charge in [0, 0.05) is 17.3 Å². The zero-order valence-corrected chi connectivity index (χ0v) is 12.0. The van der Waals surface area contributed by atoms with Crippen molar-refractivity contribution < 1.29 is 4.79 Å². The van der Waals surface area contributed by atoms with E-state index in [0.29, 0.717) is 5.88 Å². The van der Waals surface area contributed by atoms with Crippen LogP contribution in [-0.2, 0) is 4.79 Å². The summed E-state index contributed by atoms with van der Waals surface area (Å²) in [4.78, 5) is 12.2. The molecule has 1 amide bonds. The van der Waals surface area contributed by atoms with Crippen molar-refractivity contribution in [2.45, 2.75) is 53.5 Å². The Morgan fingerprint density at radius 2 is 1.69 bits per heavy atom. The highest BCUT2D eigenvalue weighted by molar-refractivity contribution is 6.17. The number of rotatable bonds is 4. The maximum absolute atomic E-state index is 12.2. The summed E-state index contributed by atoms with van der Waals surface area (Å²) in [5, 5.41) is 3.11. The number of nitrogens with one attached hydrogen (secondary N) is 1. The first-order valence-electron chi connectivity index (χ1n) is 5.94. The van der Waals surface area contributed by atoms with Crippen LogP contribution in [0.3, 0.4) is 0 Å². The van der Waals surface area contributed by atoms with Crippen molar-refractivity contribution in [3.63, 3.8) is 0 Å². The topological polar surface area (TPSA) is 29.1 Å². The fraction of sp³-hybridized carbons (Fsp3) is 0.923. The summed E-state index contributed by atoms with van der Waals surface area (Å²) in [6.45, 7) is 12.7. The van der Waals surface area contributed by atoms with E-state index in [0.717, 1.165) is 6.42 Å². The lowest BCUT2D eigenvalue weighted by atomic mass is 10.0. The molecule has 0 spiro atoms. The van der Waals surface area contributed by atoms with Gasteiger partial charge in [-0.2, -0.15) is 0 Å². The first kappa shape index (κ1) is 13.8. The summed E-state index contributed by atoms with van der Waals surface area (Å²) in [5.41, 5.74) is 0.00976. The van der Waals surface area contributed by atoms with E-state index in [-0.39, 0.29) is 28.2 Å². The van der Waals surface area contributed by atoms with Gasteiger partial charge in [0.25, 0.3) is 0 Å². The SMILES string of the molecule is CC(C)(CCCl)NC(=O)C1C(C)(C)C1(C)C. The van der Waals surface area contributed by atoms with Crippen LogP contribution in [0.4, 0.5) is 0 Å². The minimum Gasteiger partial charge on any atom is -0.351 e. The number of carbonyl (C=O) groups excluding carboxylic acids is 1. The molecule has 0 aromatic heterocycles. The van der Waals surface area contributed by atoms with Crippen LogP contribution in [0.25, 0.3) is 0 Å². The van der Waals surface area contributed by atoms with Gasteiger partial charge in [-0.05, 0) is 31.1 Å². The van der Waals surface area contributed by atoms with Crippen LogP contribution in [0.2, 0.25) is 0 Å². The van der Waals surface area contributed by atoms with Gasteiger partial charge in [0.15, 0.2) is 0 Å². The average molecular weight is 246 g/mol. The molecule has 0 aromatic rings. The van der Waals surface area contributed by atoms with E-state index in [1.807, 2.05) is 13.8 Å². The van der Waals surface area contributed by atoms with Crippen LogP contribution in [0.15, 0.2) is 0 Å². The largest absolute Gasteiger partial charge is 0.351 e. The molecule has 0 saturated heterocycles. The lowest BCUT2D eigenvalue weighted by molar-refractivity contribution is -0.125. The van der Waals surface area contributed by atoms with Crippen molar-refractivity contribution in [2.75, 3.05) is 5.88 Å². The van der Waals surface area contributed by atoms with Crippen LogP contribution in [0.1, 0.15) is 48.0 Å². The van der Waals surface area contributed by atoms with Crippen molar-refractivity contribution in [1.29, 1.82) is 0 Å². The second-order valence-corrected chi connectivity index (χ2v) is 7.07. The summed E-state index contributed by atoms with van der Waals surface area (Å²) >= 11 is 5.73. The van der Waals surface area contributed by atoms with Gasteiger partial charge in [-0.25, -0.2) is 0 Å². The van der Waals surface area contributed by atoms with Gasteiger partial charge in [-0.1, -0.05) is 27.7 Å². The van der Waals surface area contributed by atoms with E-state index in [4.69, 9.17) is 11.6 Å². The van der Waals surface area contributed by atoms with Crippen molar-refractivity contribution >= 4 is 17.5 Å². The third-order valence-electron chi connectivity index (χ3n) is 4.46. The second kappa shape index (κ2) is 3.90. The zero-order valence-electron chi connectivity index (χ0n) is 11.3. The minimum atomic E-state index is -0.201. The molecular weight excluding hydrogens is 222 g/mol. The molecule has 0 bridgehead atoms. The number of alkyl halides is 1. The Labute approximate surface area is 104 Å². The van der Waals surface area contributed by atoms with Gasteiger partial charge in [0.05, 0.1) is 0 Å². The summed E-state index contributed by atoms with van der Waals surface area (Å²) in [6.07, 6.45) is 0.799. The fourth-order valence-electron chi connectivity index (χ4n) is 2.56. The fourth-order valence-corrected chi connectivity index (χ4v) is 3.03. The Morgan fingerprint density at radius 1 is 1.25 bits per heavy atom. The van der Waals surface area contributed by atoms with Crippen molar-refractivity contribution in [2.24, 2.45) is 16.7 Å². The highest BCUT2D eigenvalue weighted by atomic mass is 35.5. The quantitative estimate of drug-likeness (QED) is 0.758. The van der Waals surface area contributed by atoms with Crippen LogP contribution >= 0.6 is 11.6 Å². The van der Waals surface area contributed by atoms with Crippen LogP contribution in [0.5, 0.6) is 0 Å². The van der Waals surface area contributed by atoms with Crippen molar-refractivity contribution in [3.8, 4) is 0 Å². The second-order valence-electron chi connectivity index (χ2n) is 6.69. The molecule has 1 aliphatic rings. The molecular formula is C13H24ClNO. The van der Waals surface area contributed by atoms with Crippen LogP contribution in [0, 0.1) is 16.7 Å². The molecule has 3 heteroatoms. The lowest BCUT2D eigenvalue weighted by Crippen LogP contribution is -2.45. The van der Waals surface area contributed by atoms with E-state index in [1.165, 1.54) is 0 Å². The molecule has 1 fully saturated rings. The van der Waals surface area contributed by atoms with Gasteiger partial charge in [-0.15, -0.1) is 11.6 Å². The molecule has 2 nitrogen and oxygen atoms in total. The molecule has 1 N–H and O–H groups in total. The lowest BCUT2D eigenvalue weighted by Gasteiger charge is -2.26. The third-order valence-corrected chi connectivity index (χ3v) is 4.65. The zero-order chi connectivity index (χ0) is 12.8. The average Bonchev–Trinajstić information content (AvgIpc) is 2.40. The van der Waals surface area contributed by atoms with Crippen LogP contribution in [-0.4, -0.2) is 17.3 Å². The maximum atomic E-state index is 12.2. The Hall–Kier alpha value is -0.240. The summed E-state index contributed by atoms with van der Waals surface area (Å²) in [6, 6.07) is 0. The molecule has 0 aliphatic heterocycles. The normalized spacial score (nSPS) is 22.9. The Bertz CT molecular complexity index is 280. The van der Waals surface area contributed by atoms with E-state index < -0.39 is 0 Å². The molecule has 0 unspecified atom stereocenters. The predicted molar refractivity (Wildman–Crippen MR) is 68.6 cm³/mol. The van der Waals surface area contributed by atoms with Crippen molar-refractivity contribution in [3.05, 3.63) is 0 Å². The van der Waals surface area contributed by atoms with Gasteiger partial charge in [-0.3, -0.25) is 4.79 Å². The molecule has 1 aliphatic carbocycles. The molecule has 0 radical (unpaired) electrons. The van der Waals surface area contributed by atoms with Gasteiger partial charge < -0.3 is 5.32 Å². The third kappa shape index (κ3) is 2.22. The number of hydrogen-bond donors (Lipinski definition) is 1. The molecule has 94 valence electrons. The standard InChI is InChI=1S/C13H24ClNO/c1-11(2,7-8-14)15-10(16)9-12(3,4)13(9,5)6/h9H,7-8H2,1-6H3,(H,15,16). The molecule has 1 saturated carbocycles. The Morgan fingerprint density at radius 3 is 2.00 bits per heavy atom. The molecule has 0 heterocycles. The molecule has 16 heavy (non-hydrogen) atoms. The highest BCUT2D eigenvalue weighted by Gasteiger charge is 2.68. The Balaban J connectivity index is 2.63. The molecule has 0 aromatic carbocycles. The van der Waals surface area contributed by atoms with E-state index >= 15 is 0 Å². The first-order valence-corrected chi connectivity index (χ1v) is 6.48. The van der Waals surface area contributed by atoms with Crippen LogP contribution < -0.4 is 5.32 Å². The monoisotopic (exact) mass is 245 g/mol. The first-order chi connectivity index (χ1) is 7.06. The Kier molecular flexibility index (Phi) is 3.37. The number of hydrogen-bond acceptors (Lipinski definition) is 1. The highest BCUT2D eigenvalue weighted by Crippen LogP contribution is 2.68. The number of carbonyl (C=O) groups is 1. The van der Waals surface area contributed by atoms with Crippen molar-refractivity contribution in [1.82, 2.24) is 5.32 Å². The number of halogens is 1. The molecule has 1 rings (SSSR count).